The SMILES string of the molecule is FC(F)(F)c1ccccc1OCCCl. The highest BCUT2D eigenvalue weighted by atomic mass is 35.5. The molecule has 1 aromatic carbocycles. The highest BCUT2D eigenvalue weighted by Gasteiger charge is 2.33. The number of benzene rings is 1. The molecule has 0 aromatic heterocycles. The van der Waals surface area contributed by atoms with Gasteiger partial charge in [-0.2, -0.15) is 13.2 Å². The zero-order valence-electron chi connectivity index (χ0n) is 7.14. The standard InChI is InChI=1S/C9H8ClF3O/c10-5-6-14-8-4-2-1-3-7(8)9(11,12)13/h1-4H,5-6H2. The molecule has 0 saturated carbocycles. The van der Waals surface area contributed by atoms with E-state index in [1.54, 1.807) is 0 Å². The summed E-state index contributed by atoms with van der Waals surface area (Å²) in [6.07, 6.45) is -4.39. The van der Waals surface area contributed by atoms with Crippen molar-refractivity contribution in [2.45, 2.75) is 6.18 Å². The Balaban J connectivity index is 2.92. The van der Waals surface area contributed by atoms with Gasteiger partial charge in [0, 0.05) is 0 Å². The molecule has 0 unspecified atom stereocenters. The Kier molecular flexibility index (Phi) is 3.63. The Hall–Kier alpha value is -0.900. The molecule has 1 aromatic rings. The summed E-state index contributed by atoms with van der Waals surface area (Å²) in [5, 5.41) is 0. The summed E-state index contributed by atoms with van der Waals surface area (Å²) in [6.45, 7) is 0.0641. The lowest BCUT2D eigenvalue weighted by molar-refractivity contribution is -0.138. The van der Waals surface area contributed by atoms with E-state index in [4.69, 9.17) is 16.3 Å². The molecule has 0 N–H and O–H groups in total. The molecule has 0 aliphatic carbocycles. The summed E-state index contributed by atoms with van der Waals surface area (Å²) in [5.74, 6) is -0.0210. The van der Waals surface area contributed by atoms with Crippen LogP contribution in [0.5, 0.6) is 5.75 Å². The second-order valence-electron chi connectivity index (χ2n) is 2.53. The maximum absolute atomic E-state index is 12.4. The lowest BCUT2D eigenvalue weighted by atomic mass is 10.2. The first-order valence-corrected chi connectivity index (χ1v) is 4.44. The van der Waals surface area contributed by atoms with Crippen molar-refractivity contribution in [1.82, 2.24) is 0 Å². The molecule has 0 fully saturated rings. The zero-order chi connectivity index (χ0) is 10.6. The topological polar surface area (TPSA) is 9.23 Å². The van der Waals surface area contributed by atoms with Crippen molar-refractivity contribution in [1.29, 1.82) is 0 Å². The minimum absolute atomic E-state index is 0.0641. The van der Waals surface area contributed by atoms with Crippen molar-refractivity contribution >= 4 is 11.6 Å². The third-order valence-corrected chi connectivity index (χ3v) is 1.68. The van der Waals surface area contributed by atoms with E-state index in [2.05, 4.69) is 0 Å². The summed E-state index contributed by atoms with van der Waals surface area (Å²) < 4.78 is 41.9. The van der Waals surface area contributed by atoms with Gasteiger partial charge in [-0.1, -0.05) is 12.1 Å². The van der Waals surface area contributed by atoms with E-state index in [1.807, 2.05) is 0 Å². The molecular weight excluding hydrogens is 217 g/mol. The van der Waals surface area contributed by atoms with Crippen molar-refractivity contribution in [2.24, 2.45) is 0 Å². The van der Waals surface area contributed by atoms with Crippen LogP contribution in [-0.4, -0.2) is 12.5 Å². The van der Waals surface area contributed by atoms with Crippen LogP contribution in [-0.2, 0) is 6.18 Å². The second-order valence-corrected chi connectivity index (χ2v) is 2.91. The molecule has 0 bridgehead atoms. The molecule has 1 rings (SSSR count). The summed E-state index contributed by atoms with van der Waals surface area (Å²) in [5.41, 5.74) is -0.773. The predicted octanol–water partition coefficient (Wildman–Crippen LogP) is 3.32. The minimum atomic E-state index is -4.39. The van der Waals surface area contributed by atoms with Crippen molar-refractivity contribution in [3.05, 3.63) is 29.8 Å². The van der Waals surface area contributed by atoms with Crippen LogP contribution in [0.4, 0.5) is 13.2 Å². The smallest absolute Gasteiger partial charge is 0.419 e. The van der Waals surface area contributed by atoms with E-state index >= 15 is 0 Å². The molecule has 0 saturated heterocycles. The van der Waals surface area contributed by atoms with Crippen molar-refractivity contribution in [2.75, 3.05) is 12.5 Å². The molecule has 0 aliphatic rings. The summed E-state index contributed by atoms with van der Waals surface area (Å²) in [6, 6.07) is 5.05. The Bertz CT molecular complexity index is 298. The van der Waals surface area contributed by atoms with Crippen LogP contribution in [0.1, 0.15) is 5.56 Å². The third-order valence-electron chi connectivity index (χ3n) is 1.53. The molecule has 5 heteroatoms. The van der Waals surface area contributed by atoms with Crippen LogP contribution in [0.25, 0.3) is 0 Å². The van der Waals surface area contributed by atoms with Gasteiger partial charge < -0.3 is 4.74 Å². The van der Waals surface area contributed by atoms with Gasteiger partial charge in [0.15, 0.2) is 0 Å². The highest BCUT2D eigenvalue weighted by Crippen LogP contribution is 2.35. The normalized spacial score (nSPS) is 11.4. The van der Waals surface area contributed by atoms with Gasteiger partial charge in [0.1, 0.15) is 12.4 Å². The molecule has 78 valence electrons. The highest BCUT2D eigenvalue weighted by molar-refractivity contribution is 6.18. The van der Waals surface area contributed by atoms with E-state index in [0.717, 1.165) is 6.07 Å². The maximum Gasteiger partial charge on any atom is 0.419 e. The Morgan fingerprint density at radius 2 is 1.86 bits per heavy atom. The first kappa shape index (κ1) is 11.2. The molecule has 0 atom stereocenters. The molecule has 1 nitrogen and oxygen atoms in total. The second kappa shape index (κ2) is 4.55. The molecule has 14 heavy (non-hydrogen) atoms. The number of halogens is 4. The van der Waals surface area contributed by atoms with Gasteiger partial charge in [0.2, 0.25) is 0 Å². The van der Waals surface area contributed by atoms with Gasteiger partial charge in [0.05, 0.1) is 11.4 Å². The number of ether oxygens (including phenoxy) is 1. The fraction of sp³-hybridized carbons (Fsp3) is 0.333. The predicted molar refractivity (Wildman–Crippen MR) is 47.7 cm³/mol. The van der Waals surface area contributed by atoms with Gasteiger partial charge >= 0.3 is 6.18 Å². The van der Waals surface area contributed by atoms with Crippen LogP contribution in [0, 0.1) is 0 Å². The quantitative estimate of drug-likeness (QED) is 0.716. The number of alkyl halides is 4. The number of para-hydroxylation sites is 1. The van der Waals surface area contributed by atoms with Crippen molar-refractivity contribution in [3.63, 3.8) is 0 Å². The number of rotatable bonds is 3. The van der Waals surface area contributed by atoms with E-state index in [0.29, 0.717) is 0 Å². The van der Waals surface area contributed by atoms with E-state index < -0.39 is 11.7 Å². The minimum Gasteiger partial charge on any atom is -0.492 e. The Labute approximate surface area is 84.4 Å². The molecular formula is C9H8ClF3O. The number of hydrogen-bond donors (Lipinski definition) is 0. The summed E-state index contributed by atoms with van der Waals surface area (Å²) >= 11 is 5.31. The molecule has 0 spiro atoms. The fourth-order valence-corrected chi connectivity index (χ4v) is 1.05. The van der Waals surface area contributed by atoms with E-state index in [-0.39, 0.29) is 18.2 Å². The van der Waals surface area contributed by atoms with E-state index in [9.17, 15) is 13.2 Å². The van der Waals surface area contributed by atoms with Crippen LogP contribution in [0.3, 0.4) is 0 Å². The van der Waals surface area contributed by atoms with Gasteiger partial charge in [0.25, 0.3) is 0 Å². The first-order chi connectivity index (χ1) is 6.55. The monoisotopic (exact) mass is 224 g/mol. The largest absolute Gasteiger partial charge is 0.492 e. The Morgan fingerprint density at radius 3 is 2.43 bits per heavy atom. The van der Waals surface area contributed by atoms with Gasteiger partial charge in [-0.05, 0) is 12.1 Å². The molecule has 0 heterocycles. The average Bonchev–Trinajstić information content (AvgIpc) is 2.14. The average molecular weight is 225 g/mol. The fourth-order valence-electron chi connectivity index (χ4n) is 0.975. The van der Waals surface area contributed by atoms with Crippen molar-refractivity contribution < 1.29 is 17.9 Å². The van der Waals surface area contributed by atoms with Crippen LogP contribution in [0.15, 0.2) is 24.3 Å². The maximum atomic E-state index is 12.4. The van der Waals surface area contributed by atoms with Gasteiger partial charge in [-0.15, -0.1) is 11.6 Å². The lowest BCUT2D eigenvalue weighted by Gasteiger charge is -2.12. The molecule has 0 aliphatic heterocycles. The van der Waals surface area contributed by atoms with Crippen LogP contribution in [0.2, 0.25) is 0 Å². The van der Waals surface area contributed by atoms with Crippen LogP contribution >= 0.6 is 11.6 Å². The molecule has 0 amide bonds. The van der Waals surface area contributed by atoms with Gasteiger partial charge in [-0.25, -0.2) is 0 Å². The van der Waals surface area contributed by atoms with Gasteiger partial charge in [-0.3, -0.25) is 0 Å². The summed E-state index contributed by atoms with van der Waals surface area (Å²) in [7, 11) is 0. The zero-order valence-corrected chi connectivity index (χ0v) is 7.90. The Morgan fingerprint density at radius 1 is 1.21 bits per heavy atom. The van der Waals surface area contributed by atoms with Crippen molar-refractivity contribution in [3.8, 4) is 5.75 Å². The van der Waals surface area contributed by atoms with E-state index in [1.165, 1.54) is 18.2 Å². The van der Waals surface area contributed by atoms with Crippen LogP contribution < -0.4 is 4.74 Å². The third kappa shape index (κ3) is 2.80. The molecule has 0 radical (unpaired) electrons. The summed E-state index contributed by atoms with van der Waals surface area (Å²) in [4.78, 5) is 0. The number of hydrogen-bond acceptors (Lipinski definition) is 1. The first-order valence-electron chi connectivity index (χ1n) is 3.90. The lowest BCUT2D eigenvalue weighted by Crippen LogP contribution is -2.09.